The van der Waals surface area contributed by atoms with Crippen molar-refractivity contribution < 1.29 is 19.1 Å². The molecule has 0 bridgehead atoms. The third-order valence-corrected chi connectivity index (χ3v) is 5.09. The Kier molecular flexibility index (Phi) is 7.14. The van der Waals surface area contributed by atoms with Crippen molar-refractivity contribution in [3.05, 3.63) is 40.9 Å². The van der Waals surface area contributed by atoms with Gasteiger partial charge in [0, 0.05) is 31.1 Å². The summed E-state index contributed by atoms with van der Waals surface area (Å²) < 4.78 is 5.32. The fourth-order valence-electron chi connectivity index (χ4n) is 2.76. The maximum Gasteiger partial charge on any atom is 0.244 e. The molecule has 2 heterocycles. The van der Waals surface area contributed by atoms with Crippen molar-refractivity contribution in [1.29, 1.82) is 0 Å². The number of aromatic nitrogens is 1. The molecule has 9 nitrogen and oxygen atoms in total. The molecule has 3 amide bonds. The number of morpholine rings is 1. The summed E-state index contributed by atoms with van der Waals surface area (Å²) in [6.45, 7) is 4.37. The molecule has 1 aliphatic heterocycles. The number of carbonyl (C=O) groups is 3. The van der Waals surface area contributed by atoms with Crippen LogP contribution < -0.4 is 21.1 Å². The average Bonchev–Trinajstić information content (AvgIpc) is 3.17. The molecule has 0 atom stereocenters. The third kappa shape index (κ3) is 6.54. The summed E-state index contributed by atoms with van der Waals surface area (Å²) in [4.78, 5) is 41.7. The molecule has 1 saturated heterocycles. The summed E-state index contributed by atoms with van der Waals surface area (Å²) in [5.41, 5.74) is 6.91. The minimum atomic E-state index is -0.335. The molecule has 2 aromatic rings. The second-order valence-electron chi connectivity index (χ2n) is 6.55. The third-order valence-electron chi connectivity index (χ3n) is 4.14. The summed E-state index contributed by atoms with van der Waals surface area (Å²) in [6, 6.07) is 6.93. The van der Waals surface area contributed by atoms with Crippen LogP contribution in [0.2, 0.25) is 0 Å². The molecule has 0 radical (unpaired) electrons. The lowest BCUT2D eigenvalue weighted by Crippen LogP contribution is -2.43. The first-order chi connectivity index (χ1) is 14.0. The fraction of sp³-hybridized carbons (Fsp3) is 0.368. The van der Waals surface area contributed by atoms with Crippen molar-refractivity contribution in [2.75, 3.05) is 36.5 Å². The summed E-state index contributed by atoms with van der Waals surface area (Å²) in [5, 5.41) is 5.39. The molecular weight excluding hydrogens is 394 g/mol. The Labute approximate surface area is 172 Å². The molecule has 1 aliphatic rings. The first kappa shape index (κ1) is 20.7. The highest BCUT2D eigenvalue weighted by atomic mass is 32.1. The number of benzene rings is 1. The van der Waals surface area contributed by atoms with Crippen LogP contribution >= 0.6 is 11.3 Å². The lowest BCUT2D eigenvalue weighted by molar-refractivity contribution is -0.128. The van der Waals surface area contributed by atoms with Gasteiger partial charge in [0.1, 0.15) is 0 Å². The highest BCUT2D eigenvalue weighted by Gasteiger charge is 2.16. The Morgan fingerprint density at radius 1 is 1.07 bits per heavy atom. The second-order valence-corrected chi connectivity index (χ2v) is 7.39. The van der Waals surface area contributed by atoms with E-state index in [1.165, 1.54) is 18.3 Å². The average molecular weight is 417 g/mol. The molecule has 0 aliphatic carbocycles. The van der Waals surface area contributed by atoms with Gasteiger partial charge < -0.3 is 15.0 Å². The standard InChI is InChI=1S/C19H23N5O4S/c1-13(25)20-15-4-2-14(3-5-15)10-17(26)22-23-18(27)11-16-12-29-19(21-16)24-6-8-28-9-7-24/h2-5,12H,6-11H2,1H3,(H,20,25)(H,22,26)(H,23,27). The normalized spacial score (nSPS) is 13.6. The number of hydrogen-bond acceptors (Lipinski definition) is 7. The maximum atomic E-state index is 12.1. The van der Waals surface area contributed by atoms with E-state index in [0.717, 1.165) is 23.8 Å². The second kappa shape index (κ2) is 9.99. The molecule has 1 aromatic heterocycles. The van der Waals surface area contributed by atoms with Crippen LogP contribution in [0.5, 0.6) is 0 Å². The van der Waals surface area contributed by atoms with E-state index in [1.54, 1.807) is 24.3 Å². The van der Waals surface area contributed by atoms with Crippen molar-refractivity contribution in [3.8, 4) is 0 Å². The van der Waals surface area contributed by atoms with Crippen molar-refractivity contribution >= 4 is 39.9 Å². The molecule has 154 valence electrons. The van der Waals surface area contributed by atoms with E-state index in [9.17, 15) is 14.4 Å². The van der Waals surface area contributed by atoms with Gasteiger partial charge in [0.2, 0.25) is 17.7 Å². The van der Waals surface area contributed by atoms with Gasteiger partial charge in [-0.3, -0.25) is 25.2 Å². The van der Waals surface area contributed by atoms with Crippen LogP contribution in [0.1, 0.15) is 18.2 Å². The van der Waals surface area contributed by atoms with Gasteiger partial charge in [-0.25, -0.2) is 4.98 Å². The molecule has 10 heteroatoms. The number of thiazole rings is 1. The van der Waals surface area contributed by atoms with Crippen molar-refractivity contribution in [1.82, 2.24) is 15.8 Å². The van der Waals surface area contributed by atoms with Gasteiger partial charge in [0.25, 0.3) is 0 Å². The van der Waals surface area contributed by atoms with Crippen LogP contribution in [0.25, 0.3) is 0 Å². The predicted octanol–water partition coefficient (Wildman–Crippen LogP) is 0.871. The van der Waals surface area contributed by atoms with Crippen molar-refractivity contribution in [3.63, 3.8) is 0 Å². The number of anilines is 2. The number of ether oxygens (including phenoxy) is 1. The molecule has 29 heavy (non-hydrogen) atoms. The van der Waals surface area contributed by atoms with Crippen LogP contribution in [0.3, 0.4) is 0 Å². The lowest BCUT2D eigenvalue weighted by atomic mass is 10.1. The Hall–Kier alpha value is -2.98. The van der Waals surface area contributed by atoms with Crippen molar-refractivity contribution in [2.24, 2.45) is 0 Å². The SMILES string of the molecule is CC(=O)Nc1ccc(CC(=O)NNC(=O)Cc2csc(N3CCOCC3)n2)cc1. The molecular formula is C19H23N5O4S. The molecule has 3 N–H and O–H groups in total. The number of nitrogens with zero attached hydrogens (tertiary/aromatic N) is 2. The van der Waals surface area contributed by atoms with Crippen molar-refractivity contribution in [2.45, 2.75) is 19.8 Å². The summed E-state index contributed by atoms with van der Waals surface area (Å²) >= 11 is 1.49. The van der Waals surface area contributed by atoms with Crippen LogP contribution in [-0.2, 0) is 32.0 Å². The molecule has 0 saturated carbocycles. The topological polar surface area (TPSA) is 113 Å². The van der Waals surface area contributed by atoms with Gasteiger partial charge in [0.15, 0.2) is 5.13 Å². The van der Waals surface area contributed by atoms with Gasteiger partial charge in [-0.05, 0) is 17.7 Å². The van der Waals surface area contributed by atoms with E-state index in [1.807, 2.05) is 5.38 Å². The van der Waals surface area contributed by atoms with E-state index in [0.29, 0.717) is 24.6 Å². The largest absolute Gasteiger partial charge is 0.378 e. The maximum absolute atomic E-state index is 12.1. The smallest absolute Gasteiger partial charge is 0.244 e. The monoisotopic (exact) mass is 417 g/mol. The number of carbonyl (C=O) groups excluding carboxylic acids is 3. The zero-order valence-corrected chi connectivity index (χ0v) is 16.9. The first-order valence-electron chi connectivity index (χ1n) is 9.21. The van der Waals surface area contributed by atoms with Gasteiger partial charge in [-0.1, -0.05) is 12.1 Å². The number of hydrazine groups is 1. The minimum absolute atomic E-state index is 0.0898. The quantitative estimate of drug-likeness (QED) is 0.601. The van der Waals surface area contributed by atoms with E-state index in [4.69, 9.17) is 4.74 Å². The highest BCUT2D eigenvalue weighted by molar-refractivity contribution is 7.13. The van der Waals surface area contributed by atoms with Crippen LogP contribution in [0.4, 0.5) is 10.8 Å². The molecule has 1 fully saturated rings. The minimum Gasteiger partial charge on any atom is -0.378 e. The lowest BCUT2D eigenvalue weighted by Gasteiger charge is -2.26. The van der Waals surface area contributed by atoms with E-state index >= 15 is 0 Å². The Morgan fingerprint density at radius 2 is 1.72 bits per heavy atom. The van der Waals surface area contributed by atoms with Gasteiger partial charge in [-0.2, -0.15) is 0 Å². The number of amides is 3. The summed E-state index contributed by atoms with van der Waals surface area (Å²) in [6.07, 6.45) is 0.199. The Balaban J connectivity index is 1.41. The van der Waals surface area contributed by atoms with Gasteiger partial charge in [-0.15, -0.1) is 11.3 Å². The molecule has 0 unspecified atom stereocenters. The summed E-state index contributed by atoms with van der Waals surface area (Å²) in [7, 11) is 0. The zero-order chi connectivity index (χ0) is 20.6. The number of nitrogens with one attached hydrogen (secondary N) is 3. The number of hydrogen-bond donors (Lipinski definition) is 3. The molecule has 0 spiro atoms. The predicted molar refractivity (Wildman–Crippen MR) is 110 cm³/mol. The Morgan fingerprint density at radius 3 is 2.38 bits per heavy atom. The number of rotatable bonds is 6. The van der Waals surface area contributed by atoms with Crippen LogP contribution in [0.15, 0.2) is 29.6 Å². The van der Waals surface area contributed by atoms with E-state index < -0.39 is 0 Å². The van der Waals surface area contributed by atoms with Crippen LogP contribution in [0, 0.1) is 0 Å². The first-order valence-corrected chi connectivity index (χ1v) is 10.1. The van der Waals surface area contributed by atoms with Gasteiger partial charge >= 0.3 is 0 Å². The fourth-order valence-corrected chi connectivity index (χ4v) is 3.64. The summed E-state index contributed by atoms with van der Waals surface area (Å²) in [5.74, 6) is -0.827. The van der Waals surface area contributed by atoms with Gasteiger partial charge in [0.05, 0.1) is 31.7 Å². The van der Waals surface area contributed by atoms with Crippen LogP contribution in [-0.4, -0.2) is 49.0 Å². The Bertz CT molecular complexity index is 862. The zero-order valence-electron chi connectivity index (χ0n) is 16.1. The highest BCUT2D eigenvalue weighted by Crippen LogP contribution is 2.21. The van der Waals surface area contributed by atoms with E-state index in [-0.39, 0.29) is 30.6 Å². The molecule has 3 rings (SSSR count). The molecule has 1 aromatic carbocycles. The van der Waals surface area contributed by atoms with E-state index in [2.05, 4.69) is 26.1 Å².